The number of halogens is 1. The Hall–Kier alpha value is -3.99. The smallest absolute Gasteiger partial charge is 0.306 e. The molecule has 0 bridgehead atoms. The molecule has 1 saturated heterocycles. The number of hydrogen-bond donors (Lipinski definition) is 3. The van der Waals surface area contributed by atoms with Gasteiger partial charge in [0.15, 0.2) is 5.11 Å². The normalized spacial score (nSPS) is 14.7. The number of nitrogens with one attached hydrogen (secondary N) is 2. The first-order valence-corrected chi connectivity index (χ1v) is 14.3. The number of imidazole rings is 1. The molecule has 1 aliphatic carbocycles. The van der Waals surface area contributed by atoms with Gasteiger partial charge in [0.25, 0.3) is 5.91 Å². The van der Waals surface area contributed by atoms with Crippen LogP contribution in [0, 0.1) is 17.7 Å². The number of hydrogen-bond acceptors (Lipinski definition) is 5. The summed E-state index contributed by atoms with van der Waals surface area (Å²) in [5.74, 6) is -0.776. The number of carbonyl (C=O) groups is 2. The van der Waals surface area contributed by atoms with Gasteiger partial charge in [-0.1, -0.05) is 19.9 Å². The van der Waals surface area contributed by atoms with Crippen LogP contribution >= 0.6 is 12.2 Å². The van der Waals surface area contributed by atoms with Crippen LogP contribution in [0.15, 0.2) is 61.1 Å². The van der Waals surface area contributed by atoms with E-state index in [1.807, 2.05) is 24.3 Å². The van der Waals surface area contributed by atoms with E-state index in [4.69, 9.17) is 17.3 Å². The zero-order valence-electron chi connectivity index (χ0n) is 23.4. The Morgan fingerprint density at radius 2 is 1.85 bits per heavy atom. The summed E-state index contributed by atoms with van der Waals surface area (Å²) in [5, 5.41) is 12.2. The van der Waals surface area contributed by atoms with Crippen molar-refractivity contribution in [3.8, 4) is 0 Å². The largest absolute Gasteiger partial charge is 0.481 e. The van der Waals surface area contributed by atoms with Gasteiger partial charge in [0, 0.05) is 55.9 Å². The van der Waals surface area contributed by atoms with Crippen LogP contribution in [-0.4, -0.2) is 69.7 Å². The molecule has 1 aromatic heterocycles. The molecule has 9 nitrogen and oxygen atoms in total. The van der Waals surface area contributed by atoms with Gasteiger partial charge in [0.05, 0.1) is 24.5 Å². The van der Waals surface area contributed by atoms with E-state index >= 15 is 0 Å². The van der Waals surface area contributed by atoms with E-state index in [2.05, 4.69) is 38.9 Å². The molecule has 2 fully saturated rings. The van der Waals surface area contributed by atoms with Gasteiger partial charge in [0.2, 0.25) is 0 Å². The number of H-pyrrole nitrogens is 1. The van der Waals surface area contributed by atoms with Crippen LogP contribution in [0.2, 0.25) is 0 Å². The van der Waals surface area contributed by atoms with E-state index in [1.165, 1.54) is 12.1 Å². The topological polar surface area (TPSA) is 105 Å². The number of carboxylic acid groups (broad SMARTS) is 1. The number of rotatable bonds is 8. The molecule has 41 heavy (non-hydrogen) atoms. The summed E-state index contributed by atoms with van der Waals surface area (Å²) in [6, 6.07) is 13.7. The molecule has 218 valence electrons. The Bertz CT molecular complexity index is 1310. The van der Waals surface area contributed by atoms with Crippen molar-refractivity contribution < 1.29 is 19.1 Å². The molecule has 2 aliphatic rings. The van der Waals surface area contributed by atoms with Gasteiger partial charge in [0.1, 0.15) is 5.82 Å². The van der Waals surface area contributed by atoms with Crippen LogP contribution in [-0.2, 0) is 11.3 Å². The molecule has 1 amide bonds. The molecule has 5 rings (SSSR count). The summed E-state index contributed by atoms with van der Waals surface area (Å²) in [6.07, 6.45) is 5.05. The van der Waals surface area contributed by atoms with Crippen LogP contribution in [0.4, 0.5) is 15.8 Å². The minimum Gasteiger partial charge on any atom is -0.481 e. The van der Waals surface area contributed by atoms with Crippen molar-refractivity contribution in [3.63, 3.8) is 0 Å². The number of amides is 1. The highest BCUT2D eigenvalue weighted by Crippen LogP contribution is 2.28. The Labute approximate surface area is 245 Å². The van der Waals surface area contributed by atoms with Crippen molar-refractivity contribution in [2.24, 2.45) is 11.8 Å². The standard InChI is InChI=1S/C26H31FN6OS.C4H6O2/c1-19(2)15-29-26(35)32-12-10-31(11-13-32)23-6-8-24(9-7-23)33(17-22-16-28-18-30-22)25(34)20-4-3-5-21(27)14-20;5-4(6)3-1-2-3/h3-9,14,16,18-19H,10-13,15,17H2,1-2H3,(H,28,30)(H,29,35);3H,1-2H2,(H,5,6). The quantitative estimate of drug-likeness (QED) is 0.334. The molecule has 3 N–H and O–H groups in total. The summed E-state index contributed by atoms with van der Waals surface area (Å²) in [4.78, 5) is 36.3. The Balaban J connectivity index is 0.000000572. The molecule has 2 aromatic carbocycles. The van der Waals surface area contributed by atoms with E-state index in [1.54, 1.807) is 29.6 Å². The molecule has 2 heterocycles. The molecule has 11 heteroatoms. The van der Waals surface area contributed by atoms with Gasteiger partial charge >= 0.3 is 5.97 Å². The first-order chi connectivity index (χ1) is 19.7. The molecule has 0 unspecified atom stereocenters. The summed E-state index contributed by atoms with van der Waals surface area (Å²) in [7, 11) is 0. The average Bonchev–Trinajstić information content (AvgIpc) is 3.71. The highest BCUT2D eigenvalue weighted by atomic mass is 32.1. The van der Waals surface area contributed by atoms with Crippen LogP contribution in [0.3, 0.4) is 0 Å². The third-order valence-corrected chi connectivity index (χ3v) is 7.28. The lowest BCUT2D eigenvalue weighted by molar-refractivity contribution is -0.138. The maximum Gasteiger partial charge on any atom is 0.306 e. The fraction of sp³-hybridized carbons (Fsp3) is 0.400. The van der Waals surface area contributed by atoms with Crippen LogP contribution in [0.25, 0.3) is 0 Å². The number of anilines is 2. The van der Waals surface area contributed by atoms with E-state index in [9.17, 15) is 14.0 Å². The second-order valence-corrected chi connectivity index (χ2v) is 11.0. The molecule has 0 atom stereocenters. The SMILES string of the molecule is CC(C)CNC(=S)N1CCN(c2ccc(N(Cc3cnc[nH]3)C(=O)c3cccc(F)c3)cc2)CC1.O=C(O)C1CC1. The predicted molar refractivity (Wildman–Crippen MR) is 162 cm³/mol. The number of aliphatic carboxylic acids is 1. The lowest BCUT2D eigenvalue weighted by Gasteiger charge is -2.37. The summed E-state index contributed by atoms with van der Waals surface area (Å²) in [6.45, 7) is 8.95. The second-order valence-electron chi connectivity index (χ2n) is 10.7. The number of nitrogens with zero attached hydrogens (tertiary/aromatic N) is 4. The van der Waals surface area contributed by atoms with Crippen LogP contribution in [0.1, 0.15) is 42.7 Å². The van der Waals surface area contributed by atoms with Gasteiger partial charge in [-0.3, -0.25) is 9.59 Å². The van der Waals surface area contributed by atoms with E-state index in [-0.39, 0.29) is 11.8 Å². The number of benzene rings is 2. The van der Waals surface area contributed by atoms with Crippen molar-refractivity contribution in [2.75, 3.05) is 42.5 Å². The number of carbonyl (C=O) groups excluding carboxylic acids is 1. The number of thiocarbonyl (C=S) groups is 1. The van der Waals surface area contributed by atoms with Gasteiger partial charge in [-0.15, -0.1) is 0 Å². The third kappa shape index (κ3) is 8.75. The second kappa shape index (κ2) is 14.1. The van der Waals surface area contributed by atoms with E-state index < -0.39 is 11.8 Å². The number of aromatic amines is 1. The Morgan fingerprint density at radius 1 is 1.15 bits per heavy atom. The van der Waals surface area contributed by atoms with Gasteiger partial charge in [-0.2, -0.15) is 0 Å². The third-order valence-electron chi connectivity index (χ3n) is 6.88. The highest BCUT2D eigenvalue weighted by Gasteiger charge is 2.28. The highest BCUT2D eigenvalue weighted by molar-refractivity contribution is 7.80. The first-order valence-electron chi connectivity index (χ1n) is 13.9. The van der Waals surface area contributed by atoms with Crippen molar-refractivity contribution in [2.45, 2.75) is 33.2 Å². The lowest BCUT2D eigenvalue weighted by atomic mass is 10.1. The molecule has 0 spiro atoms. The van der Waals surface area contributed by atoms with Gasteiger partial charge in [-0.25, -0.2) is 9.37 Å². The lowest BCUT2D eigenvalue weighted by Crippen LogP contribution is -2.52. The molecule has 3 aromatic rings. The van der Waals surface area contributed by atoms with Gasteiger partial charge in [-0.05, 0) is 73.4 Å². The van der Waals surface area contributed by atoms with Crippen molar-refractivity contribution >= 4 is 40.6 Å². The van der Waals surface area contributed by atoms with Crippen molar-refractivity contribution in [3.05, 3.63) is 78.1 Å². The van der Waals surface area contributed by atoms with Crippen LogP contribution < -0.4 is 15.1 Å². The zero-order chi connectivity index (χ0) is 29.4. The number of aromatic nitrogens is 2. The summed E-state index contributed by atoms with van der Waals surface area (Å²) >= 11 is 5.54. The fourth-order valence-corrected chi connectivity index (χ4v) is 4.61. The maximum absolute atomic E-state index is 13.8. The minimum absolute atomic E-state index is 0.0185. The summed E-state index contributed by atoms with van der Waals surface area (Å²) in [5.41, 5.74) is 2.91. The van der Waals surface area contributed by atoms with Gasteiger partial charge < -0.3 is 30.1 Å². The average molecular weight is 581 g/mol. The molecular weight excluding hydrogens is 543 g/mol. The molecule has 0 radical (unpaired) electrons. The molecule has 1 saturated carbocycles. The molecular formula is C30H37FN6O3S. The maximum atomic E-state index is 13.8. The fourth-order valence-electron chi connectivity index (χ4n) is 4.34. The number of piperazine rings is 1. The Kier molecular flexibility index (Phi) is 10.3. The monoisotopic (exact) mass is 580 g/mol. The van der Waals surface area contributed by atoms with Crippen molar-refractivity contribution in [1.82, 2.24) is 20.2 Å². The number of carboxylic acids is 1. The van der Waals surface area contributed by atoms with Crippen LogP contribution in [0.5, 0.6) is 0 Å². The first kappa shape index (κ1) is 30.0. The summed E-state index contributed by atoms with van der Waals surface area (Å²) < 4.78 is 13.8. The Morgan fingerprint density at radius 3 is 2.39 bits per heavy atom. The minimum atomic E-state index is -0.630. The predicted octanol–water partition coefficient (Wildman–Crippen LogP) is 4.53. The van der Waals surface area contributed by atoms with Crippen molar-refractivity contribution in [1.29, 1.82) is 0 Å². The van der Waals surface area contributed by atoms with E-state index in [0.29, 0.717) is 18.0 Å². The zero-order valence-corrected chi connectivity index (χ0v) is 24.2. The molecule has 1 aliphatic heterocycles. The van der Waals surface area contributed by atoms with E-state index in [0.717, 1.165) is 67.7 Å².